The molecule has 0 amide bonds. The average Bonchev–Trinajstić information content (AvgIpc) is 3.45. The average molecular weight is 902 g/mol. The van der Waals surface area contributed by atoms with Gasteiger partial charge in [0.2, 0.25) is 0 Å². The Balaban J connectivity index is 0.952. The van der Waals surface area contributed by atoms with E-state index >= 15 is 0 Å². The van der Waals surface area contributed by atoms with E-state index in [1.807, 2.05) is 0 Å². The van der Waals surface area contributed by atoms with Crippen LogP contribution in [0.15, 0.2) is 285 Å². The first kappa shape index (κ1) is 41.9. The topological polar surface area (TPSA) is 3.24 Å². The Labute approximate surface area is 414 Å². The van der Waals surface area contributed by atoms with Gasteiger partial charge in [-0.1, -0.05) is 243 Å². The van der Waals surface area contributed by atoms with Crippen LogP contribution in [0.4, 0.5) is 17.1 Å². The fraction of sp³-hybridized carbons (Fsp3) is 0. The summed E-state index contributed by atoms with van der Waals surface area (Å²) in [4.78, 5) is 2.42. The highest BCUT2D eigenvalue weighted by molar-refractivity contribution is 6.22. The summed E-state index contributed by atoms with van der Waals surface area (Å²) in [5, 5.41) is 9.96. The predicted octanol–water partition coefficient (Wildman–Crippen LogP) is 19.8. The lowest BCUT2D eigenvalue weighted by Gasteiger charge is -2.28. The number of para-hydroxylation sites is 1. The van der Waals surface area contributed by atoms with Crippen molar-refractivity contribution < 1.29 is 0 Å². The largest absolute Gasteiger partial charge is 0.310 e. The number of nitrogens with zero attached hydrogens (tertiary/aromatic N) is 1. The van der Waals surface area contributed by atoms with Gasteiger partial charge in [-0.2, -0.15) is 0 Å². The molecule has 0 aliphatic carbocycles. The summed E-state index contributed by atoms with van der Waals surface area (Å²) >= 11 is 0. The van der Waals surface area contributed by atoms with Crippen molar-refractivity contribution in [1.29, 1.82) is 0 Å². The van der Waals surface area contributed by atoms with Gasteiger partial charge in [-0.05, 0) is 147 Å². The van der Waals surface area contributed by atoms with Crippen molar-refractivity contribution in [3.8, 4) is 66.8 Å². The number of hydrogen-bond donors (Lipinski definition) is 0. The van der Waals surface area contributed by atoms with E-state index in [1.54, 1.807) is 0 Å². The Bertz CT molecular complexity index is 4060. The van der Waals surface area contributed by atoms with E-state index in [2.05, 4.69) is 290 Å². The lowest BCUT2D eigenvalue weighted by atomic mass is 9.84. The monoisotopic (exact) mass is 901 g/mol. The molecule has 0 radical (unpaired) electrons. The summed E-state index contributed by atoms with van der Waals surface area (Å²) in [6.07, 6.45) is 0. The number of hydrogen-bond acceptors (Lipinski definition) is 1. The molecule has 0 aliphatic rings. The minimum Gasteiger partial charge on any atom is -0.310 e. The Morgan fingerprint density at radius 3 is 1.34 bits per heavy atom. The van der Waals surface area contributed by atoms with Crippen molar-refractivity contribution in [2.75, 3.05) is 4.90 Å². The summed E-state index contributed by atoms with van der Waals surface area (Å²) < 4.78 is 0. The van der Waals surface area contributed by atoms with Crippen LogP contribution in [-0.4, -0.2) is 0 Å². The molecule has 0 heterocycles. The highest BCUT2D eigenvalue weighted by Gasteiger charge is 2.21. The quantitative estimate of drug-likeness (QED) is 0.131. The molecule has 0 N–H and O–H groups in total. The smallest absolute Gasteiger partial charge is 0.0540 e. The molecule has 0 bridgehead atoms. The van der Waals surface area contributed by atoms with Gasteiger partial charge in [-0.25, -0.2) is 0 Å². The zero-order valence-corrected chi connectivity index (χ0v) is 39.1. The van der Waals surface area contributed by atoms with Gasteiger partial charge in [-0.3, -0.25) is 0 Å². The van der Waals surface area contributed by atoms with Crippen LogP contribution < -0.4 is 4.90 Å². The summed E-state index contributed by atoms with van der Waals surface area (Å²) in [5.41, 5.74) is 17.6. The number of fused-ring (bicyclic) bond motifs is 5. The highest BCUT2D eigenvalue weighted by Crippen LogP contribution is 2.48. The maximum Gasteiger partial charge on any atom is 0.0540 e. The number of anilines is 3. The molecule has 1 heteroatoms. The van der Waals surface area contributed by atoms with E-state index in [4.69, 9.17) is 0 Å². The van der Waals surface area contributed by atoms with Crippen molar-refractivity contribution >= 4 is 60.2 Å². The van der Waals surface area contributed by atoms with E-state index in [1.165, 1.54) is 98.7 Å². The fourth-order valence-electron chi connectivity index (χ4n) is 10.8. The van der Waals surface area contributed by atoms with Gasteiger partial charge in [0.05, 0.1) is 5.69 Å². The van der Waals surface area contributed by atoms with Crippen LogP contribution in [0.1, 0.15) is 0 Å². The van der Waals surface area contributed by atoms with Crippen molar-refractivity contribution in [2.45, 2.75) is 0 Å². The SMILES string of the molecule is c1ccc(-c2c(-c3ccccc3)c3cc(-c4ccccc4N(c4ccc(-c5ccc(-c6ccc7ccccc7c6)cc5)cc4)c4ccc(-c5cccc6ccccc56)cc4)ccc3c3ccccc23)cc1. The molecule has 0 unspecified atom stereocenters. The molecule has 0 saturated heterocycles. The van der Waals surface area contributed by atoms with Gasteiger partial charge < -0.3 is 4.90 Å². The molecule has 1 nitrogen and oxygen atoms in total. The Hall–Kier alpha value is -9.30. The first-order valence-electron chi connectivity index (χ1n) is 24.5. The van der Waals surface area contributed by atoms with Gasteiger partial charge >= 0.3 is 0 Å². The molecule has 0 saturated carbocycles. The maximum atomic E-state index is 2.43. The predicted molar refractivity (Wildman–Crippen MR) is 304 cm³/mol. The van der Waals surface area contributed by atoms with E-state index in [0.717, 1.165) is 28.2 Å². The third-order valence-corrected chi connectivity index (χ3v) is 14.3. The van der Waals surface area contributed by atoms with Gasteiger partial charge in [0.25, 0.3) is 0 Å². The third kappa shape index (κ3) is 7.71. The van der Waals surface area contributed by atoms with Crippen LogP contribution in [0, 0.1) is 0 Å². The normalized spacial score (nSPS) is 11.4. The third-order valence-electron chi connectivity index (χ3n) is 14.3. The molecular formula is C70H47N. The van der Waals surface area contributed by atoms with Gasteiger partial charge in [0.15, 0.2) is 0 Å². The second-order valence-electron chi connectivity index (χ2n) is 18.4. The van der Waals surface area contributed by atoms with Crippen molar-refractivity contribution in [2.24, 2.45) is 0 Å². The number of benzene rings is 13. The Kier molecular flexibility index (Phi) is 10.6. The molecule has 13 aromatic rings. The standard InChI is InChI=1S/C70H47N/c1-3-18-54(19-4-1)69-66-27-12-11-26-64(66)65-45-40-58(47-67(65)70(69)55-20-5-2-6-21-55)63-25-13-14-29-68(63)71(60-43-38-53(39-44-60)62-28-15-23-52-17-9-10-24-61(52)62)59-41-36-50(37-42-59)49-30-32-51(33-31-49)57-35-34-48-16-7-8-22-56(48)46-57/h1-47H. The molecular weight excluding hydrogens is 855 g/mol. The van der Waals surface area contributed by atoms with Crippen LogP contribution in [0.5, 0.6) is 0 Å². The van der Waals surface area contributed by atoms with E-state index in [0.29, 0.717) is 0 Å². The first-order valence-corrected chi connectivity index (χ1v) is 24.5. The van der Waals surface area contributed by atoms with Crippen molar-refractivity contribution in [1.82, 2.24) is 0 Å². The molecule has 71 heavy (non-hydrogen) atoms. The van der Waals surface area contributed by atoms with Crippen molar-refractivity contribution in [3.05, 3.63) is 285 Å². The van der Waals surface area contributed by atoms with E-state index < -0.39 is 0 Å². The summed E-state index contributed by atoms with van der Waals surface area (Å²) in [5.74, 6) is 0. The lowest BCUT2D eigenvalue weighted by Crippen LogP contribution is -2.11. The molecule has 0 aromatic heterocycles. The van der Waals surface area contributed by atoms with Crippen LogP contribution in [-0.2, 0) is 0 Å². The Morgan fingerprint density at radius 2 is 0.648 bits per heavy atom. The molecule has 13 aromatic carbocycles. The van der Waals surface area contributed by atoms with E-state index in [-0.39, 0.29) is 0 Å². The van der Waals surface area contributed by atoms with Crippen LogP contribution >= 0.6 is 0 Å². The minimum absolute atomic E-state index is 1.08. The van der Waals surface area contributed by atoms with Gasteiger partial charge in [0, 0.05) is 16.9 Å². The lowest BCUT2D eigenvalue weighted by molar-refractivity contribution is 1.28. The minimum atomic E-state index is 1.08. The fourth-order valence-corrected chi connectivity index (χ4v) is 10.8. The van der Waals surface area contributed by atoms with Gasteiger partial charge in [0.1, 0.15) is 0 Å². The van der Waals surface area contributed by atoms with Gasteiger partial charge in [-0.15, -0.1) is 0 Å². The molecule has 0 fully saturated rings. The summed E-state index contributed by atoms with van der Waals surface area (Å²) in [7, 11) is 0. The zero-order valence-electron chi connectivity index (χ0n) is 39.1. The van der Waals surface area contributed by atoms with Crippen LogP contribution in [0.3, 0.4) is 0 Å². The molecule has 0 spiro atoms. The second kappa shape index (κ2) is 18.0. The highest BCUT2D eigenvalue weighted by atomic mass is 15.1. The summed E-state index contributed by atoms with van der Waals surface area (Å²) in [6, 6.07) is 104. The maximum absolute atomic E-state index is 2.43. The molecule has 0 atom stereocenters. The second-order valence-corrected chi connectivity index (χ2v) is 18.4. The molecule has 13 rings (SSSR count). The first-order chi connectivity index (χ1) is 35.2. The number of rotatable bonds is 9. The van der Waals surface area contributed by atoms with E-state index in [9.17, 15) is 0 Å². The van der Waals surface area contributed by atoms with Crippen LogP contribution in [0.25, 0.3) is 110 Å². The Morgan fingerprint density at radius 1 is 0.197 bits per heavy atom. The molecule has 332 valence electrons. The van der Waals surface area contributed by atoms with Crippen LogP contribution in [0.2, 0.25) is 0 Å². The zero-order chi connectivity index (χ0) is 47.1. The van der Waals surface area contributed by atoms with Crippen molar-refractivity contribution in [3.63, 3.8) is 0 Å². The molecule has 0 aliphatic heterocycles. The summed E-state index contributed by atoms with van der Waals surface area (Å²) in [6.45, 7) is 0.